The van der Waals surface area contributed by atoms with Crippen molar-refractivity contribution in [1.29, 1.82) is 0 Å². The molecule has 150 valence electrons. The summed E-state index contributed by atoms with van der Waals surface area (Å²) in [7, 11) is 0. The lowest BCUT2D eigenvalue weighted by molar-refractivity contribution is -0.170. The molecule has 1 spiro atoms. The van der Waals surface area contributed by atoms with Gasteiger partial charge in [0.25, 0.3) is 5.91 Å². The van der Waals surface area contributed by atoms with Crippen LogP contribution in [0.4, 0.5) is 0 Å². The Balaban J connectivity index is 1.61. The van der Waals surface area contributed by atoms with Crippen molar-refractivity contribution in [3.05, 3.63) is 29.8 Å². The topological polar surface area (TPSA) is 68.2 Å². The maximum atomic E-state index is 13.0. The van der Waals surface area contributed by atoms with Crippen molar-refractivity contribution in [2.75, 3.05) is 39.5 Å². The van der Waals surface area contributed by atoms with Gasteiger partial charge in [-0.25, -0.2) is 0 Å². The Morgan fingerprint density at radius 3 is 2.67 bits per heavy atom. The molecule has 1 aromatic carbocycles. The number of aliphatic hydroxyl groups is 1. The minimum absolute atomic E-state index is 0.0144. The second-order valence-electron chi connectivity index (χ2n) is 7.79. The zero-order valence-electron chi connectivity index (χ0n) is 16.4. The van der Waals surface area contributed by atoms with Crippen molar-refractivity contribution in [3.8, 4) is 5.75 Å². The van der Waals surface area contributed by atoms with Gasteiger partial charge in [-0.3, -0.25) is 4.79 Å². The van der Waals surface area contributed by atoms with Crippen LogP contribution in [0.25, 0.3) is 0 Å². The van der Waals surface area contributed by atoms with Crippen molar-refractivity contribution in [2.24, 2.45) is 0 Å². The molecule has 0 radical (unpaired) electrons. The predicted octanol–water partition coefficient (Wildman–Crippen LogP) is 2.64. The van der Waals surface area contributed by atoms with Crippen LogP contribution in [0.2, 0.25) is 0 Å². The highest BCUT2D eigenvalue weighted by atomic mass is 16.5. The van der Waals surface area contributed by atoms with Crippen LogP contribution in [0.3, 0.4) is 0 Å². The lowest BCUT2D eigenvalue weighted by atomic mass is 9.78. The Kier molecular flexibility index (Phi) is 6.40. The van der Waals surface area contributed by atoms with Crippen LogP contribution in [0.5, 0.6) is 5.75 Å². The summed E-state index contributed by atoms with van der Waals surface area (Å²) in [5.74, 6) is 0.582. The molecule has 0 bridgehead atoms. The lowest BCUT2D eigenvalue weighted by Gasteiger charge is -2.48. The van der Waals surface area contributed by atoms with Gasteiger partial charge in [0.2, 0.25) is 0 Å². The minimum Gasteiger partial charge on any atom is -0.490 e. The molecule has 1 N–H and O–H groups in total. The number of likely N-dealkylation sites (tertiary alicyclic amines) is 1. The Hall–Kier alpha value is -1.63. The Bertz CT molecular complexity index is 637. The molecule has 2 saturated heterocycles. The number of hydrogen-bond acceptors (Lipinski definition) is 5. The van der Waals surface area contributed by atoms with Crippen LogP contribution in [0.1, 0.15) is 49.9 Å². The zero-order valence-corrected chi connectivity index (χ0v) is 16.4. The third kappa shape index (κ3) is 5.00. The van der Waals surface area contributed by atoms with Crippen molar-refractivity contribution in [3.63, 3.8) is 0 Å². The number of nitrogens with zero attached hydrogens (tertiary/aromatic N) is 1. The molecule has 2 fully saturated rings. The molecule has 6 nitrogen and oxygen atoms in total. The van der Waals surface area contributed by atoms with E-state index < -0.39 is 5.60 Å². The largest absolute Gasteiger partial charge is 0.490 e. The highest BCUT2D eigenvalue weighted by Gasteiger charge is 2.45. The maximum Gasteiger partial charge on any atom is 0.257 e. The molecule has 27 heavy (non-hydrogen) atoms. The smallest absolute Gasteiger partial charge is 0.257 e. The highest BCUT2D eigenvalue weighted by Crippen LogP contribution is 2.39. The molecule has 1 amide bonds. The minimum atomic E-state index is -0.675. The first-order valence-electron chi connectivity index (χ1n) is 9.90. The second-order valence-corrected chi connectivity index (χ2v) is 7.79. The van der Waals surface area contributed by atoms with Gasteiger partial charge in [-0.15, -0.1) is 0 Å². The molecule has 1 aromatic rings. The number of carbonyl (C=O) groups excluding carboxylic acids is 1. The SMILES string of the molecule is CCOCCOc1ccccc1C(=O)N1CCC2(CC1)CC(C)(O)CCO2. The van der Waals surface area contributed by atoms with Gasteiger partial charge in [-0.2, -0.15) is 0 Å². The Morgan fingerprint density at radius 1 is 1.22 bits per heavy atom. The molecule has 0 saturated carbocycles. The number of hydrogen-bond donors (Lipinski definition) is 1. The number of para-hydroxylation sites is 1. The lowest BCUT2D eigenvalue weighted by Crippen LogP contribution is -2.54. The maximum absolute atomic E-state index is 13.0. The van der Waals surface area contributed by atoms with E-state index in [0.29, 0.717) is 63.7 Å². The molecule has 1 unspecified atom stereocenters. The number of benzene rings is 1. The molecule has 2 aliphatic heterocycles. The summed E-state index contributed by atoms with van der Waals surface area (Å²) in [5.41, 5.74) is -0.390. The highest BCUT2D eigenvalue weighted by molar-refractivity contribution is 5.97. The predicted molar refractivity (Wildman–Crippen MR) is 102 cm³/mol. The van der Waals surface area contributed by atoms with Crippen LogP contribution in [0.15, 0.2) is 24.3 Å². The van der Waals surface area contributed by atoms with Gasteiger partial charge in [0.15, 0.2) is 0 Å². The molecular weight excluding hydrogens is 346 g/mol. The van der Waals surface area contributed by atoms with Crippen LogP contribution in [-0.4, -0.2) is 66.6 Å². The summed E-state index contributed by atoms with van der Waals surface area (Å²) in [6, 6.07) is 7.36. The fourth-order valence-electron chi connectivity index (χ4n) is 4.05. The Morgan fingerprint density at radius 2 is 1.96 bits per heavy atom. The van der Waals surface area contributed by atoms with E-state index in [2.05, 4.69) is 0 Å². The van der Waals surface area contributed by atoms with Gasteiger partial charge in [-0.05, 0) is 45.2 Å². The molecule has 3 rings (SSSR count). The van der Waals surface area contributed by atoms with Crippen LogP contribution < -0.4 is 4.74 Å². The van der Waals surface area contributed by atoms with E-state index in [1.165, 1.54) is 0 Å². The van der Waals surface area contributed by atoms with Gasteiger partial charge < -0.3 is 24.2 Å². The number of ether oxygens (including phenoxy) is 3. The summed E-state index contributed by atoms with van der Waals surface area (Å²) in [6.07, 6.45) is 2.81. The summed E-state index contributed by atoms with van der Waals surface area (Å²) < 4.78 is 17.1. The van der Waals surface area contributed by atoms with Gasteiger partial charge in [-0.1, -0.05) is 12.1 Å². The normalized spacial score (nSPS) is 24.8. The fourth-order valence-corrected chi connectivity index (χ4v) is 4.05. The van der Waals surface area contributed by atoms with E-state index >= 15 is 0 Å². The quantitative estimate of drug-likeness (QED) is 0.772. The summed E-state index contributed by atoms with van der Waals surface area (Å²) in [5, 5.41) is 10.4. The van der Waals surface area contributed by atoms with E-state index in [1.807, 2.05) is 43.0 Å². The number of rotatable bonds is 6. The van der Waals surface area contributed by atoms with E-state index in [4.69, 9.17) is 14.2 Å². The van der Waals surface area contributed by atoms with Gasteiger partial charge in [0.05, 0.1) is 30.0 Å². The van der Waals surface area contributed by atoms with E-state index in [-0.39, 0.29) is 11.5 Å². The molecule has 0 aliphatic carbocycles. The molecule has 6 heteroatoms. The van der Waals surface area contributed by atoms with Crippen molar-refractivity contribution >= 4 is 5.91 Å². The summed E-state index contributed by atoms with van der Waals surface area (Å²) in [4.78, 5) is 14.9. The third-order valence-electron chi connectivity index (χ3n) is 5.52. The van der Waals surface area contributed by atoms with E-state index in [9.17, 15) is 9.90 Å². The van der Waals surface area contributed by atoms with Crippen LogP contribution in [0, 0.1) is 0 Å². The van der Waals surface area contributed by atoms with Gasteiger partial charge in [0.1, 0.15) is 12.4 Å². The first kappa shape index (κ1) is 20.1. The molecule has 2 heterocycles. The molecular formula is C21H31NO5. The fraction of sp³-hybridized carbons (Fsp3) is 0.667. The molecule has 2 aliphatic rings. The van der Waals surface area contributed by atoms with Gasteiger partial charge >= 0.3 is 0 Å². The van der Waals surface area contributed by atoms with E-state index in [0.717, 1.165) is 12.8 Å². The number of piperidine rings is 1. The molecule has 0 aromatic heterocycles. The van der Waals surface area contributed by atoms with Gasteiger partial charge in [0, 0.05) is 26.1 Å². The third-order valence-corrected chi connectivity index (χ3v) is 5.52. The number of carbonyl (C=O) groups is 1. The first-order chi connectivity index (χ1) is 12.9. The molecule has 1 atom stereocenters. The zero-order chi connectivity index (χ0) is 19.3. The first-order valence-corrected chi connectivity index (χ1v) is 9.90. The van der Waals surface area contributed by atoms with Crippen molar-refractivity contribution in [2.45, 2.75) is 50.7 Å². The van der Waals surface area contributed by atoms with Crippen LogP contribution in [-0.2, 0) is 9.47 Å². The van der Waals surface area contributed by atoms with E-state index in [1.54, 1.807) is 0 Å². The van der Waals surface area contributed by atoms with Crippen LogP contribution >= 0.6 is 0 Å². The Labute approximate surface area is 161 Å². The average molecular weight is 377 g/mol. The summed E-state index contributed by atoms with van der Waals surface area (Å²) in [6.45, 7) is 7.23. The van der Waals surface area contributed by atoms with Crippen molar-refractivity contribution < 1.29 is 24.1 Å². The van der Waals surface area contributed by atoms with Crippen molar-refractivity contribution in [1.82, 2.24) is 4.90 Å². The second kappa shape index (κ2) is 8.59. The monoisotopic (exact) mass is 377 g/mol. The standard InChI is InChI=1S/C21H31NO5/c1-3-25-14-15-26-18-7-5-4-6-17(18)19(23)22-11-8-21(9-12-22)16-20(2,24)10-13-27-21/h4-7,24H,3,8-16H2,1-2H3. The number of amides is 1. The average Bonchev–Trinajstić information content (AvgIpc) is 2.65. The summed E-state index contributed by atoms with van der Waals surface area (Å²) >= 11 is 0.